The Morgan fingerprint density at radius 1 is 1.06 bits per heavy atom. The number of benzene rings is 1. The topological polar surface area (TPSA) is 29.3 Å². The maximum absolute atomic E-state index is 5.77. The average molecular weight is 248 g/mol. The molecular weight excluding hydrogens is 220 g/mol. The summed E-state index contributed by atoms with van der Waals surface area (Å²) in [5.74, 6) is 0.554. The summed E-state index contributed by atoms with van der Waals surface area (Å²) in [6.07, 6.45) is 1.12. The molecule has 1 aromatic carbocycles. The Hall–Kier alpha value is -0.860. The van der Waals surface area contributed by atoms with Crippen LogP contribution >= 0.6 is 0 Å². The van der Waals surface area contributed by atoms with Crippen molar-refractivity contribution in [1.82, 2.24) is 4.90 Å². The van der Waals surface area contributed by atoms with E-state index in [-0.39, 0.29) is 0 Å². The van der Waals surface area contributed by atoms with Crippen molar-refractivity contribution in [3.8, 4) is 0 Å². The minimum atomic E-state index is 0.461. The van der Waals surface area contributed by atoms with Gasteiger partial charge in [-0.1, -0.05) is 19.1 Å². The summed E-state index contributed by atoms with van der Waals surface area (Å²) in [4.78, 5) is 2.31. The lowest BCUT2D eigenvalue weighted by molar-refractivity contribution is 0.254. The van der Waals surface area contributed by atoms with Gasteiger partial charge >= 0.3 is 0 Å². The van der Waals surface area contributed by atoms with E-state index in [2.05, 4.69) is 58.8 Å². The summed E-state index contributed by atoms with van der Waals surface area (Å²) < 4.78 is 0. The van der Waals surface area contributed by atoms with Crippen molar-refractivity contribution in [2.75, 3.05) is 20.6 Å². The molecule has 0 saturated carbocycles. The first-order valence-electron chi connectivity index (χ1n) is 6.81. The summed E-state index contributed by atoms with van der Waals surface area (Å²) in [6, 6.07) is 5.11. The van der Waals surface area contributed by atoms with Crippen LogP contribution in [0.15, 0.2) is 12.1 Å². The van der Waals surface area contributed by atoms with Crippen LogP contribution in [0.25, 0.3) is 0 Å². The van der Waals surface area contributed by atoms with Crippen LogP contribution in [0.1, 0.15) is 41.6 Å². The second-order valence-corrected chi connectivity index (χ2v) is 5.85. The first-order chi connectivity index (χ1) is 8.36. The van der Waals surface area contributed by atoms with Crippen molar-refractivity contribution in [3.05, 3.63) is 34.4 Å². The van der Waals surface area contributed by atoms with Gasteiger partial charge in [0.1, 0.15) is 0 Å². The number of hydrogen-bond acceptors (Lipinski definition) is 2. The van der Waals surface area contributed by atoms with Gasteiger partial charge in [-0.2, -0.15) is 0 Å². The Morgan fingerprint density at radius 2 is 1.61 bits per heavy atom. The van der Waals surface area contributed by atoms with Crippen LogP contribution in [0.2, 0.25) is 0 Å². The standard InChI is InChI=1S/C16H28N2/c1-11(10-17)7-16(18(5)6)15-9-13(3)12(2)8-14(15)4/h8-9,11,16H,7,10,17H2,1-6H3. The molecular formula is C16H28N2. The van der Waals surface area contributed by atoms with Crippen molar-refractivity contribution >= 4 is 0 Å². The Balaban J connectivity index is 3.09. The van der Waals surface area contributed by atoms with Crippen LogP contribution in [0.5, 0.6) is 0 Å². The van der Waals surface area contributed by atoms with E-state index in [9.17, 15) is 0 Å². The van der Waals surface area contributed by atoms with E-state index in [0.717, 1.165) is 13.0 Å². The molecule has 18 heavy (non-hydrogen) atoms. The highest BCUT2D eigenvalue weighted by Crippen LogP contribution is 2.29. The van der Waals surface area contributed by atoms with Crippen molar-refractivity contribution in [2.45, 2.75) is 40.2 Å². The smallest absolute Gasteiger partial charge is 0.0347 e. The van der Waals surface area contributed by atoms with E-state index >= 15 is 0 Å². The van der Waals surface area contributed by atoms with Crippen LogP contribution in [-0.2, 0) is 0 Å². The van der Waals surface area contributed by atoms with Crippen LogP contribution in [0, 0.1) is 26.7 Å². The summed E-state index contributed by atoms with van der Waals surface area (Å²) in [7, 11) is 4.31. The molecule has 0 heterocycles. The molecule has 0 aliphatic carbocycles. The maximum atomic E-state index is 5.77. The molecule has 2 unspecified atom stereocenters. The molecule has 2 N–H and O–H groups in total. The SMILES string of the molecule is Cc1cc(C)c(C(CC(C)CN)N(C)C)cc1C. The second-order valence-electron chi connectivity index (χ2n) is 5.85. The second kappa shape index (κ2) is 6.35. The van der Waals surface area contributed by atoms with E-state index < -0.39 is 0 Å². The van der Waals surface area contributed by atoms with Crippen molar-refractivity contribution in [3.63, 3.8) is 0 Å². The lowest BCUT2D eigenvalue weighted by atomic mass is 9.90. The fraction of sp³-hybridized carbons (Fsp3) is 0.625. The van der Waals surface area contributed by atoms with Gasteiger partial charge in [0.05, 0.1) is 0 Å². The Morgan fingerprint density at radius 3 is 2.11 bits per heavy atom. The third-order valence-corrected chi connectivity index (χ3v) is 3.89. The minimum Gasteiger partial charge on any atom is -0.330 e. The quantitative estimate of drug-likeness (QED) is 0.867. The van der Waals surface area contributed by atoms with Gasteiger partial charge in [0.15, 0.2) is 0 Å². The Kier molecular flexibility index (Phi) is 5.36. The highest BCUT2D eigenvalue weighted by molar-refractivity contribution is 5.38. The van der Waals surface area contributed by atoms with Gasteiger partial charge in [-0.15, -0.1) is 0 Å². The van der Waals surface area contributed by atoms with Crippen LogP contribution in [-0.4, -0.2) is 25.5 Å². The van der Waals surface area contributed by atoms with E-state index in [1.807, 2.05) is 0 Å². The molecule has 1 aromatic rings. The minimum absolute atomic E-state index is 0.461. The zero-order chi connectivity index (χ0) is 13.9. The number of hydrogen-bond donors (Lipinski definition) is 1. The number of aryl methyl sites for hydroxylation is 3. The third-order valence-electron chi connectivity index (χ3n) is 3.89. The maximum Gasteiger partial charge on any atom is 0.0347 e. The predicted octanol–water partition coefficient (Wildman–Crippen LogP) is 3.20. The molecule has 0 aromatic heterocycles. The highest BCUT2D eigenvalue weighted by atomic mass is 15.1. The van der Waals surface area contributed by atoms with Gasteiger partial charge in [-0.05, 0) is 76.0 Å². The number of nitrogens with two attached hydrogens (primary N) is 1. The predicted molar refractivity (Wildman–Crippen MR) is 79.9 cm³/mol. The molecule has 0 bridgehead atoms. The number of nitrogens with zero attached hydrogens (tertiary/aromatic N) is 1. The van der Waals surface area contributed by atoms with Crippen LogP contribution < -0.4 is 5.73 Å². The monoisotopic (exact) mass is 248 g/mol. The molecule has 2 nitrogen and oxygen atoms in total. The summed E-state index contributed by atoms with van der Waals surface area (Å²) in [5.41, 5.74) is 11.4. The molecule has 0 fully saturated rings. The van der Waals surface area contributed by atoms with E-state index in [1.165, 1.54) is 22.3 Å². The molecule has 1 rings (SSSR count). The Labute approximate surface area is 112 Å². The average Bonchev–Trinajstić information content (AvgIpc) is 2.30. The van der Waals surface area contributed by atoms with Gasteiger partial charge < -0.3 is 10.6 Å². The molecule has 2 heteroatoms. The zero-order valence-corrected chi connectivity index (χ0v) is 12.7. The first kappa shape index (κ1) is 15.2. The first-order valence-corrected chi connectivity index (χ1v) is 6.81. The molecule has 102 valence electrons. The van der Waals surface area contributed by atoms with Crippen molar-refractivity contribution in [1.29, 1.82) is 0 Å². The molecule has 0 radical (unpaired) electrons. The lowest BCUT2D eigenvalue weighted by Crippen LogP contribution is -2.25. The summed E-state index contributed by atoms with van der Waals surface area (Å²) >= 11 is 0. The number of rotatable bonds is 5. The van der Waals surface area contributed by atoms with E-state index in [0.29, 0.717) is 12.0 Å². The molecule has 2 atom stereocenters. The fourth-order valence-electron chi connectivity index (χ4n) is 2.44. The van der Waals surface area contributed by atoms with E-state index in [4.69, 9.17) is 5.73 Å². The molecule has 0 saturated heterocycles. The lowest BCUT2D eigenvalue weighted by Gasteiger charge is -2.29. The highest BCUT2D eigenvalue weighted by Gasteiger charge is 2.19. The van der Waals surface area contributed by atoms with Gasteiger partial charge in [-0.3, -0.25) is 0 Å². The molecule has 0 aliphatic rings. The van der Waals surface area contributed by atoms with Crippen LogP contribution in [0.4, 0.5) is 0 Å². The zero-order valence-electron chi connectivity index (χ0n) is 12.7. The van der Waals surface area contributed by atoms with Gasteiger partial charge in [0.25, 0.3) is 0 Å². The van der Waals surface area contributed by atoms with Gasteiger partial charge in [0.2, 0.25) is 0 Å². The molecule has 0 amide bonds. The van der Waals surface area contributed by atoms with Crippen LogP contribution in [0.3, 0.4) is 0 Å². The van der Waals surface area contributed by atoms with E-state index in [1.54, 1.807) is 0 Å². The Bertz CT molecular complexity index is 396. The van der Waals surface area contributed by atoms with Crippen molar-refractivity contribution < 1.29 is 0 Å². The normalized spacial score (nSPS) is 14.9. The summed E-state index contributed by atoms with van der Waals surface area (Å²) in [6.45, 7) is 9.57. The molecule has 0 spiro atoms. The summed E-state index contributed by atoms with van der Waals surface area (Å²) in [5, 5.41) is 0. The third kappa shape index (κ3) is 3.56. The molecule has 0 aliphatic heterocycles. The van der Waals surface area contributed by atoms with Gasteiger partial charge in [0, 0.05) is 6.04 Å². The largest absolute Gasteiger partial charge is 0.330 e. The van der Waals surface area contributed by atoms with Gasteiger partial charge in [-0.25, -0.2) is 0 Å². The van der Waals surface area contributed by atoms with Crippen molar-refractivity contribution in [2.24, 2.45) is 11.7 Å². The fourth-order valence-corrected chi connectivity index (χ4v) is 2.44.